The summed E-state index contributed by atoms with van der Waals surface area (Å²) >= 11 is 0. The van der Waals surface area contributed by atoms with Crippen molar-refractivity contribution < 1.29 is 9.90 Å². The molecule has 1 N–H and O–H groups in total. The van der Waals surface area contributed by atoms with E-state index in [1.807, 2.05) is 6.08 Å². The Morgan fingerprint density at radius 1 is 0.968 bits per heavy atom. The van der Waals surface area contributed by atoms with E-state index in [0.717, 1.165) is 38.5 Å². The molecule has 3 heteroatoms. The molecule has 3 fully saturated rings. The van der Waals surface area contributed by atoms with E-state index in [1.54, 1.807) is 0 Å². The third kappa shape index (κ3) is 2.84. The van der Waals surface area contributed by atoms with Gasteiger partial charge in [0.05, 0.1) is 6.10 Å². The van der Waals surface area contributed by atoms with Gasteiger partial charge in [0.15, 0.2) is 5.78 Å². The zero-order chi connectivity index (χ0) is 22.2. The lowest BCUT2D eigenvalue weighted by Gasteiger charge is -2.65. The second-order valence-electron chi connectivity index (χ2n) is 11.9. The van der Waals surface area contributed by atoms with Crippen molar-refractivity contribution in [1.82, 2.24) is 0 Å². The molecule has 3 nitrogen and oxygen atoms in total. The predicted octanol–water partition coefficient (Wildman–Crippen LogP) is 5.73. The highest BCUT2D eigenvalue weighted by molar-refractivity contribution is 5.91. The highest BCUT2D eigenvalue weighted by Gasteiger charge is 2.67. The summed E-state index contributed by atoms with van der Waals surface area (Å²) in [6.07, 6.45) is 8.79. The van der Waals surface area contributed by atoms with E-state index in [4.69, 9.17) is 0 Å². The first-order valence-corrected chi connectivity index (χ1v) is 12.3. The molecule has 0 radical (unpaired) electrons. The average Bonchev–Trinajstić information content (AvgIpc) is 2.98. The van der Waals surface area contributed by atoms with Crippen molar-refractivity contribution in [3.8, 4) is 0 Å². The van der Waals surface area contributed by atoms with Crippen LogP contribution in [-0.4, -0.2) is 31.1 Å². The molecule has 0 spiro atoms. The van der Waals surface area contributed by atoms with E-state index in [-0.39, 0.29) is 22.3 Å². The van der Waals surface area contributed by atoms with E-state index in [2.05, 4.69) is 64.0 Å². The van der Waals surface area contributed by atoms with Crippen LogP contribution in [0.4, 0.5) is 5.69 Å². The standard InChI is InChI=1S/C28H39NO2/c1-26-14-12-21(30)16-19(26)8-11-23-25(26)22(18-6-9-20(10-7-18)29(4)5)17-28(3)24(31)13-15-27(23,28)2/h6-7,9-10,16,22-25,31H,8,11-15,17H2,1-5H3. The molecule has 0 heterocycles. The van der Waals surface area contributed by atoms with Gasteiger partial charge in [-0.25, -0.2) is 0 Å². The van der Waals surface area contributed by atoms with Crippen LogP contribution in [0.3, 0.4) is 0 Å². The molecule has 0 aliphatic heterocycles. The van der Waals surface area contributed by atoms with Gasteiger partial charge in [-0.2, -0.15) is 0 Å². The largest absolute Gasteiger partial charge is 0.393 e. The number of hydrogen-bond donors (Lipinski definition) is 1. The molecule has 0 aromatic heterocycles. The maximum Gasteiger partial charge on any atom is 0.155 e. The van der Waals surface area contributed by atoms with Crippen LogP contribution in [0.5, 0.6) is 0 Å². The third-order valence-electron chi connectivity index (χ3n) is 10.6. The molecule has 4 aliphatic rings. The lowest BCUT2D eigenvalue weighted by Crippen LogP contribution is -2.58. The van der Waals surface area contributed by atoms with Gasteiger partial charge >= 0.3 is 0 Å². The van der Waals surface area contributed by atoms with Gasteiger partial charge in [-0.05, 0) is 96.3 Å². The number of anilines is 1. The molecule has 1 aromatic carbocycles. The molecule has 4 aliphatic carbocycles. The van der Waals surface area contributed by atoms with Crippen molar-refractivity contribution >= 4 is 11.5 Å². The topological polar surface area (TPSA) is 40.5 Å². The molecule has 0 saturated heterocycles. The SMILES string of the molecule is CN(C)c1ccc(C2CC3(C)C(O)CCC3(C)C3CCC4=CC(=O)CCC4(C)C23)cc1. The molecule has 7 atom stereocenters. The summed E-state index contributed by atoms with van der Waals surface area (Å²) in [5.74, 6) is 1.88. The quantitative estimate of drug-likeness (QED) is 0.663. The number of carbonyl (C=O) groups is 1. The Bertz CT molecular complexity index is 917. The van der Waals surface area contributed by atoms with Crippen LogP contribution in [0.1, 0.15) is 77.2 Å². The number of rotatable bonds is 2. The number of fused-ring (bicyclic) bond motifs is 5. The molecule has 31 heavy (non-hydrogen) atoms. The molecule has 5 rings (SSSR count). The van der Waals surface area contributed by atoms with E-state index in [9.17, 15) is 9.90 Å². The number of aliphatic hydroxyl groups excluding tert-OH is 1. The number of benzene rings is 1. The van der Waals surface area contributed by atoms with E-state index in [0.29, 0.717) is 30.0 Å². The van der Waals surface area contributed by atoms with Gasteiger partial charge in [-0.15, -0.1) is 0 Å². The second-order valence-corrected chi connectivity index (χ2v) is 11.9. The summed E-state index contributed by atoms with van der Waals surface area (Å²) in [6, 6.07) is 9.16. The minimum Gasteiger partial charge on any atom is -0.393 e. The van der Waals surface area contributed by atoms with Gasteiger partial charge in [-0.1, -0.05) is 38.5 Å². The second kappa shape index (κ2) is 6.94. The normalized spacial score (nSPS) is 44.2. The smallest absolute Gasteiger partial charge is 0.155 e. The average molecular weight is 422 g/mol. The minimum atomic E-state index is -0.209. The fourth-order valence-corrected chi connectivity index (χ4v) is 8.42. The van der Waals surface area contributed by atoms with Gasteiger partial charge in [-0.3, -0.25) is 4.79 Å². The van der Waals surface area contributed by atoms with Crippen molar-refractivity contribution in [3.63, 3.8) is 0 Å². The zero-order valence-electron chi connectivity index (χ0n) is 19.9. The van der Waals surface area contributed by atoms with Crippen molar-refractivity contribution in [2.75, 3.05) is 19.0 Å². The molecule has 1 aromatic rings. The molecule has 7 unspecified atom stereocenters. The third-order valence-corrected chi connectivity index (χ3v) is 10.6. The molecule has 0 bridgehead atoms. The van der Waals surface area contributed by atoms with Crippen molar-refractivity contribution in [3.05, 3.63) is 41.5 Å². The Labute approximate surface area is 187 Å². The first kappa shape index (κ1) is 21.2. The fraction of sp³-hybridized carbons (Fsp3) is 0.679. The molecular formula is C28H39NO2. The molecule has 168 valence electrons. The maximum absolute atomic E-state index is 12.3. The summed E-state index contributed by atoms with van der Waals surface area (Å²) in [5, 5.41) is 11.2. The van der Waals surface area contributed by atoms with E-state index in [1.165, 1.54) is 16.8 Å². The van der Waals surface area contributed by atoms with Crippen molar-refractivity contribution in [2.45, 2.75) is 77.7 Å². The minimum absolute atomic E-state index is 0.0406. The summed E-state index contributed by atoms with van der Waals surface area (Å²) in [5.41, 5.74) is 4.29. The fourth-order valence-electron chi connectivity index (χ4n) is 8.42. The van der Waals surface area contributed by atoms with Crippen LogP contribution in [0, 0.1) is 28.1 Å². The Kier molecular flexibility index (Phi) is 4.76. The summed E-state index contributed by atoms with van der Waals surface area (Å²) in [4.78, 5) is 14.5. The van der Waals surface area contributed by atoms with Crippen molar-refractivity contribution in [2.24, 2.45) is 28.1 Å². The Morgan fingerprint density at radius 3 is 2.35 bits per heavy atom. The van der Waals surface area contributed by atoms with Crippen LogP contribution in [0.2, 0.25) is 0 Å². The highest BCUT2D eigenvalue weighted by Crippen LogP contribution is 2.73. The van der Waals surface area contributed by atoms with Crippen LogP contribution >= 0.6 is 0 Å². The van der Waals surface area contributed by atoms with Crippen LogP contribution < -0.4 is 4.90 Å². The molecule has 3 saturated carbocycles. The summed E-state index contributed by atoms with van der Waals surface area (Å²) < 4.78 is 0. The highest BCUT2D eigenvalue weighted by atomic mass is 16.3. The van der Waals surface area contributed by atoms with Crippen LogP contribution in [0.25, 0.3) is 0 Å². The van der Waals surface area contributed by atoms with Crippen LogP contribution in [-0.2, 0) is 4.79 Å². The number of carbonyl (C=O) groups excluding carboxylic acids is 1. The van der Waals surface area contributed by atoms with Gasteiger partial charge in [0.1, 0.15) is 0 Å². The first-order chi connectivity index (χ1) is 14.6. The summed E-state index contributed by atoms with van der Waals surface area (Å²) in [7, 11) is 4.18. The summed E-state index contributed by atoms with van der Waals surface area (Å²) in [6.45, 7) is 7.32. The Balaban J connectivity index is 1.65. The van der Waals surface area contributed by atoms with E-state index >= 15 is 0 Å². The number of aliphatic hydroxyl groups is 1. The number of allylic oxidation sites excluding steroid dienone is 1. The van der Waals surface area contributed by atoms with Gasteiger partial charge < -0.3 is 10.0 Å². The lowest BCUT2D eigenvalue weighted by molar-refractivity contribution is -0.141. The van der Waals surface area contributed by atoms with Crippen molar-refractivity contribution in [1.29, 1.82) is 0 Å². The molecular weight excluding hydrogens is 382 g/mol. The Hall–Kier alpha value is -1.61. The van der Waals surface area contributed by atoms with Gasteiger partial charge in [0.2, 0.25) is 0 Å². The first-order valence-electron chi connectivity index (χ1n) is 12.3. The maximum atomic E-state index is 12.3. The Morgan fingerprint density at radius 2 is 1.68 bits per heavy atom. The van der Waals surface area contributed by atoms with Gasteiger partial charge in [0.25, 0.3) is 0 Å². The predicted molar refractivity (Wildman–Crippen MR) is 126 cm³/mol. The number of ketones is 1. The monoisotopic (exact) mass is 421 g/mol. The zero-order valence-corrected chi connectivity index (χ0v) is 19.9. The number of nitrogens with zero attached hydrogens (tertiary/aromatic N) is 1. The van der Waals surface area contributed by atoms with Gasteiger partial charge in [0, 0.05) is 26.2 Å². The lowest BCUT2D eigenvalue weighted by atomic mass is 9.39. The molecule has 0 amide bonds. The van der Waals surface area contributed by atoms with Crippen LogP contribution in [0.15, 0.2) is 35.9 Å². The van der Waals surface area contributed by atoms with E-state index < -0.39 is 0 Å². The number of hydrogen-bond acceptors (Lipinski definition) is 3.